The maximum atomic E-state index is 12.5. The van der Waals surface area contributed by atoms with Crippen molar-refractivity contribution in [1.82, 2.24) is 14.9 Å². The molecule has 2 aromatic carbocycles. The summed E-state index contributed by atoms with van der Waals surface area (Å²) in [5.41, 5.74) is 3.03. The number of carbonyl (C=O) groups is 1. The van der Waals surface area contributed by atoms with Crippen LogP contribution in [0.2, 0.25) is 5.02 Å². The Morgan fingerprint density at radius 1 is 1.11 bits per heavy atom. The summed E-state index contributed by atoms with van der Waals surface area (Å²) < 4.78 is 17.5. The number of piperazine rings is 1. The summed E-state index contributed by atoms with van der Waals surface area (Å²) >= 11 is 6.69. The summed E-state index contributed by atoms with van der Waals surface area (Å²) in [4.78, 5) is 28.6. The summed E-state index contributed by atoms with van der Waals surface area (Å²) in [7, 11) is 0. The van der Waals surface area contributed by atoms with Crippen molar-refractivity contribution in [1.29, 1.82) is 5.26 Å². The van der Waals surface area contributed by atoms with Crippen molar-refractivity contribution < 1.29 is 19.0 Å². The van der Waals surface area contributed by atoms with E-state index < -0.39 is 0 Å². The molecule has 1 aromatic heterocycles. The van der Waals surface area contributed by atoms with E-state index in [9.17, 15) is 10.1 Å². The maximum absolute atomic E-state index is 12.5. The van der Waals surface area contributed by atoms with E-state index in [0.29, 0.717) is 45.4 Å². The van der Waals surface area contributed by atoms with E-state index in [-0.39, 0.29) is 24.5 Å². The van der Waals surface area contributed by atoms with Crippen LogP contribution in [0.5, 0.6) is 6.01 Å². The molecule has 0 aliphatic carbocycles. The molecule has 0 radical (unpaired) electrons. The predicted molar refractivity (Wildman–Crippen MR) is 169 cm³/mol. The number of ether oxygens (including phenoxy) is 3. The average Bonchev–Trinajstić information content (AvgIpc) is 3.06. The van der Waals surface area contributed by atoms with Gasteiger partial charge in [0.15, 0.2) is 0 Å². The van der Waals surface area contributed by atoms with E-state index in [2.05, 4.69) is 46.7 Å². The number of hydrogen-bond acceptors (Lipinski definition) is 9. The smallest absolute Gasteiger partial charge is 0.318 e. The first-order valence-electron chi connectivity index (χ1n) is 15.2. The van der Waals surface area contributed by atoms with Crippen LogP contribution in [-0.4, -0.2) is 85.5 Å². The van der Waals surface area contributed by atoms with Gasteiger partial charge in [0, 0.05) is 56.0 Å². The second-order valence-corrected chi connectivity index (χ2v) is 11.7. The number of carbonyl (C=O) groups excluding carboxylic acids is 1. The molecule has 1 atom stereocenters. The number of fused-ring (bicyclic) bond motifs is 2. The second kappa shape index (κ2) is 13.8. The van der Waals surface area contributed by atoms with E-state index in [4.69, 9.17) is 35.8 Å². The van der Waals surface area contributed by atoms with Crippen molar-refractivity contribution >= 4 is 39.8 Å². The van der Waals surface area contributed by atoms with Gasteiger partial charge in [0.25, 0.3) is 0 Å². The third-order valence-electron chi connectivity index (χ3n) is 8.60. The van der Waals surface area contributed by atoms with Gasteiger partial charge < -0.3 is 28.9 Å². The molecule has 10 nitrogen and oxygen atoms in total. The molecule has 6 rings (SSSR count). The lowest BCUT2D eigenvalue weighted by atomic mass is 10.0. The van der Waals surface area contributed by atoms with Crippen LogP contribution in [0.1, 0.15) is 30.5 Å². The summed E-state index contributed by atoms with van der Waals surface area (Å²) in [6.07, 6.45) is 4.23. The van der Waals surface area contributed by atoms with Crippen LogP contribution >= 0.6 is 11.6 Å². The first kappa shape index (κ1) is 30.1. The molecule has 3 aliphatic rings. The molecule has 0 bridgehead atoms. The van der Waals surface area contributed by atoms with Gasteiger partial charge in [-0.05, 0) is 42.9 Å². The van der Waals surface area contributed by atoms with Gasteiger partial charge >= 0.3 is 6.01 Å². The molecule has 0 saturated carbocycles. The number of hydrogen-bond donors (Lipinski definition) is 0. The number of nitrogens with zero attached hydrogens (tertiary/aromatic N) is 6. The van der Waals surface area contributed by atoms with Gasteiger partial charge in [-0.1, -0.05) is 42.4 Å². The molecule has 0 spiro atoms. The Morgan fingerprint density at radius 3 is 2.73 bits per heavy atom. The summed E-state index contributed by atoms with van der Waals surface area (Å²) in [6, 6.07) is 14.5. The highest BCUT2D eigenvalue weighted by Gasteiger charge is 2.33. The number of rotatable bonds is 9. The van der Waals surface area contributed by atoms with E-state index in [1.165, 1.54) is 6.08 Å². The molecule has 44 heavy (non-hydrogen) atoms. The van der Waals surface area contributed by atoms with Crippen molar-refractivity contribution in [3.05, 3.63) is 65.3 Å². The highest BCUT2D eigenvalue weighted by molar-refractivity contribution is 6.36. The van der Waals surface area contributed by atoms with E-state index in [0.717, 1.165) is 77.6 Å². The van der Waals surface area contributed by atoms with Gasteiger partial charge in [0.2, 0.25) is 5.91 Å². The highest BCUT2D eigenvalue weighted by Crippen LogP contribution is 2.37. The lowest BCUT2D eigenvalue weighted by Crippen LogP contribution is -2.55. The molecule has 3 aliphatic heterocycles. The molecule has 2 fully saturated rings. The number of benzene rings is 2. The molecule has 230 valence electrons. The molecule has 0 N–H and O–H groups in total. The van der Waals surface area contributed by atoms with Crippen LogP contribution < -0.4 is 14.5 Å². The highest BCUT2D eigenvalue weighted by atomic mass is 35.5. The number of amides is 1. The van der Waals surface area contributed by atoms with Crippen molar-refractivity contribution in [2.75, 3.05) is 62.4 Å². The van der Waals surface area contributed by atoms with Crippen molar-refractivity contribution in [3.63, 3.8) is 0 Å². The van der Waals surface area contributed by atoms with Crippen LogP contribution in [-0.2, 0) is 27.2 Å². The zero-order valence-corrected chi connectivity index (χ0v) is 25.5. The molecule has 11 heteroatoms. The number of anilines is 2. The van der Waals surface area contributed by atoms with Gasteiger partial charge in [0.1, 0.15) is 12.4 Å². The SMILES string of the molecule is C=CC(=O)N1CCN(c2nc(OCCOC3CCOCC3)nc3c2CCN(c2cccc4cccc(Cl)c24)C3)C[C@@H]1CC#N. The molecule has 3 aromatic rings. The van der Waals surface area contributed by atoms with Crippen LogP contribution in [0, 0.1) is 11.3 Å². The lowest BCUT2D eigenvalue weighted by molar-refractivity contribution is -0.128. The Balaban J connectivity index is 1.28. The van der Waals surface area contributed by atoms with Crippen molar-refractivity contribution in [3.8, 4) is 12.1 Å². The summed E-state index contributed by atoms with van der Waals surface area (Å²) in [5, 5.41) is 12.4. The Morgan fingerprint density at radius 2 is 1.93 bits per heavy atom. The largest absolute Gasteiger partial charge is 0.461 e. The molecular weight excluding hydrogens is 580 g/mol. The van der Waals surface area contributed by atoms with E-state index in [1.807, 2.05) is 12.1 Å². The fraction of sp³-hybridized carbons (Fsp3) is 0.455. The quantitative estimate of drug-likeness (QED) is 0.253. The lowest BCUT2D eigenvalue weighted by Gasteiger charge is -2.42. The average molecular weight is 617 g/mol. The topological polar surface area (TPSA) is 104 Å². The van der Waals surface area contributed by atoms with Crippen LogP contribution in [0.15, 0.2) is 49.1 Å². The van der Waals surface area contributed by atoms with Gasteiger partial charge in [-0.3, -0.25) is 4.79 Å². The molecular formula is C33H37ClN6O4. The summed E-state index contributed by atoms with van der Waals surface area (Å²) in [5.74, 6) is 0.646. The zero-order chi connectivity index (χ0) is 30.5. The van der Waals surface area contributed by atoms with E-state index in [1.54, 1.807) is 4.90 Å². The Bertz CT molecular complexity index is 1550. The third-order valence-corrected chi connectivity index (χ3v) is 8.91. The number of halogens is 1. The maximum Gasteiger partial charge on any atom is 0.318 e. The molecule has 4 heterocycles. The van der Waals surface area contributed by atoms with Gasteiger partial charge in [-0.25, -0.2) is 0 Å². The van der Waals surface area contributed by atoms with E-state index >= 15 is 0 Å². The normalized spacial score (nSPS) is 19.0. The minimum absolute atomic E-state index is 0.160. The Kier molecular flexibility index (Phi) is 9.45. The van der Waals surface area contributed by atoms with Crippen molar-refractivity contribution in [2.24, 2.45) is 0 Å². The minimum atomic E-state index is -0.264. The van der Waals surface area contributed by atoms with Gasteiger partial charge in [0.05, 0.1) is 48.5 Å². The Hall–Kier alpha value is -3.91. The van der Waals surface area contributed by atoms with Crippen LogP contribution in [0.25, 0.3) is 10.8 Å². The fourth-order valence-electron chi connectivity index (χ4n) is 6.39. The zero-order valence-electron chi connectivity index (χ0n) is 24.8. The number of aromatic nitrogens is 2. The van der Waals surface area contributed by atoms with Crippen molar-refractivity contribution in [2.45, 2.75) is 44.4 Å². The standard InChI is InChI=1S/C33H37ClN6O4/c1-2-30(41)40-16-15-39(21-24(40)9-13-35)32-26-10-14-38(29-8-4-6-23-5-3-7-27(34)31(23)29)22-28(26)36-33(37-32)44-20-19-43-25-11-17-42-18-12-25/h2-8,24-25H,1,9-12,14-22H2/t24-/m0/s1. The summed E-state index contributed by atoms with van der Waals surface area (Å²) in [6.45, 7) is 8.75. The van der Waals surface area contributed by atoms with Gasteiger partial charge in [-0.2, -0.15) is 15.2 Å². The van der Waals surface area contributed by atoms with Gasteiger partial charge in [-0.15, -0.1) is 0 Å². The monoisotopic (exact) mass is 616 g/mol. The second-order valence-electron chi connectivity index (χ2n) is 11.3. The number of nitriles is 1. The minimum Gasteiger partial charge on any atom is -0.461 e. The predicted octanol–water partition coefficient (Wildman–Crippen LogP) is 4.54. The first-order chi connectivity index (χ1) is 21.6. The fourth-order valence-corrected chi connectivity index (χ4v) is 6.66. The molecule has 0 unspecified atom stereocenters. The molecule has 1 amide bonds. The Labute approximate surface area is 262 Å². The van der Waals surface area contributed by atoms with Crippen LogP contribution in [0.4, 0.5) is 11.5 Å². The third kappa shape index (κ3) is 6.46. The van der Waals surface area contributed by atoms with Crippen LogP contribution in [0.3, 0.4) is 0 Å². The first-order valence-corrected chi connectivity index (χ1v) is 15.6. The molecule has 2 saturated heterocycles.